The molecule has 0 aromatic heterocycles. The van der Waals surface area contributed by atoms with Gasteiger partial charge in [0.25, 0.3) is 0 Å². The summed E-state index contributed by atoms with van der Waals surface area (Å²) in [5.41, 5.74) is -0.785. The van der Waals surface area contributed by atoms with E-state index in [0.29, 0.717) is 12.8 Å². The van der Waals surface area contributed by atoms with Crippen molar-refractivity contribution in [3.8, 4) is 0 Å². The number of rotatable bonds is 4. The highest BCUT2D eigenvalue weighted by atomic mass is 16.2. The molecule has 1 heterocycles. The normalized spacial score (nSPS) is 33.9. The molecule has 0 aromatic rings. The molecule has 2 unspecified atom stereocenters. The number of piperazine rings is 1. The molecule has 108 valence electrons. The van der Waals surface area contributed by atoms with Crippen molar-refractivity contribution >= 4 is 11.8 Å². The van der Waals surface area contributed by atoms with E-state index in [1.165, 1.54) is 6.42 Å². The SMILES string of the molecule is CCC1C(=O)NC(C)(CC)C(=O)N1C1(CC)CCC1. The average Bonchev–Trinajstić information content (AvgIpc) is 2.34. The van der Waals surface area contributed by atoms with Gasteiger partial charge in [-0.3, -0.25) is 9.59 Å². The minimum atomic E-state index is -0.722. The van der Waals surface area contributed by atoms with Gasteiger partial charge in [0.15, 0.2) is 0 Å². The number of hydrogen-bond acceptors (Lipinski definition) is 2. The lowest BCUT2D eigenvalue weighted by Crippen LogP contribution is -2.74. The Kier molecular flexibility index (Phi) is 3.63. The Morgan fingerprint density at radius 2 is 1.84 bits per heavy atom. The zero-order chi connectivity index (χ0) is 14.3. The summed E-state index contributed by atoms with van der Waals surface area (Å²) in [6.07, 6.45) is 5.53. The molecule has 4 nitrogen and oxygen atoms in total. The molecule has 0 radical (unpaired) electrons. The van der Waals surface area contributed by atoms with Gasteiger partial charge in [0.1, 0.15) is 11.6 Å². The quantitative estimate of drug-likeness (QED) is 0.848. The second-order valence-electron chi connectivity index (χ2n) is 6.21. The van der Waals surface area contributed by atoms with Crippen LogP contribution in [0, 0.1) is 0 Å². The minimum Gasteiger partial charge on any atom is -0.340 e. The van der Waals surface area contributed by atoms with Crippen LogP contribution in [0.3, 0.4) is 0 Å². The Morgan fingerprint density at radius 3 is 2.21 bits per heavy atom. The summed E-state index contributed by atoms with van der Waals surface area (Å²) in [4.78, 5) is 27.2. The maximum absolute atomic E-state index is 12.9. The van der Waals surface area contributed by atoms with Gasteiger partial charge in [-0.25, -0.2) is 0 Å². The first-order valence-corrected chi connectivity index (χ1v) is 7.60. The Labute approximate surface area is 115 Å². The van der Waals surface area contributed by atoms with Gasteiger partial charge in [-0.05, 0) is 45.4 Å². The molecule has 1 saturated carbocycles. The van der Waals surface area contributed by atoms with Crippen molar-refractivity contribution in [1.82, 2.24) is 10.2 Å². The summed E-state index contributed by atoms with van der Waals surface area (Å²) in [5, 5.41) is 2.94. The number of nitrogens with one attached hydrogen (secondary N) is 1. The zero-order valence-corrected chi connectivity index (χ0v) is 12.6. The average molecular weight is 266 g/mol. The van der Waals surface area contributed by atoms with E-state index in [0.717, 1.165) is 19.3 Å². The maximum Gasteiger partial charge on any atom is 0.249 e. The molecule has 19 heavy (non-hydrogen) atoms. The van der Waals surface area contributed by atoms with Crippen LogP contribution < -0.4 is 5.32 Å². The Bertz CT molecular complexity index is 384. The summed E-state index contributed by atoms with van der Waals surface area (Å²) in [5.74, 6) is 0.133. The molecule has 2 aliphatic rings. The van der Waals surface area contributed by atoms with E-state index >= 15 is 0 Å². The third-order valence-electron chi connectivity index (χ3n) is 5.25. The first kappa shape index (κ1) is 14.4. The van der Waals surface area contributed by atoms with E-state index < -0.39 is 5.54 Å². The Hall–Kier alpha value is -1.06. The Balaban J connectivity index is 2.40. The van der Waals surface area contributed by atoms with Crippen molar-refractivity contribution in [2.24, 2.45) is 0 Å². The summed E-state index contributed by atoms with van der Waals surface area (Å²) >= 11 is 0. The molecular formula is C15H26N2O2. The van der Waals surface area contributed by atoms with Crippen LogP contribution in [0.25, 0.3) is 0 Å². The van der Waals surface area contributed by atoms with Crippen LogP contribution in [0.2, 0.25) is 0 Å². The van der Waals surface area contributed by atoms with E-state index in [1.807, 2.05) is 25.7 Å². The van der Waals surface area contributed by atoms with Crippen molar-refractivity contribution in [2.45, 2.75) is 83.3 Å². The fourth-order valence-corrected chi connectivity index (χ4v) is 3.44. The van der Waals surface area contributed by atoms with Crippen LogP contribution in [0.1, 0.15) is 66.2 Å². The number of carbonyl (C=O) groups excluding carboxylic acids is 2. The molecule has 0 bridgehead atoms. The molecular weight excluding hydrogens is 240 g/mol. The van der Waals surface area contributed by atoms with Gasteiger partial charge in [0.05, 0.1) is 0 Å². The number of hydrogen-bond donors (Lipinski definition) is 1. The van der Waals surface area contributed by atoms with Crippen molar-refractivity contribution in [3.05, 3.63) is 0 Å². The van der Waals surface area contributed by atoms with Crippen molar-refractivity contribution in [1.29, 1.82) is 0 Å². The van der Waals surface area contributed by atoms with Crippen molar-refractivity contribution in [3.63, 3.8) is 0 Å². The smallest absolute Gasteiger partial charge is 0.249 e. The van der Waals surface area contributed by atoms with Gasteiger partial charge in [-0.1, -0.05) is 20.8 Å². The zero-order valence-electron chi connectivity index (χ0n) is 12.6. The molecule has 2 rings (SSSR count). The van der Waals surface area contributed by atoms with Crippen LogP contribution in [0.4, 0.5) is 0 Å². The van der Waals surface area contributed by atoms with Crippen LogP contribution >= 0.6 is 0 Å². The van der Waals surface area contributed by atoms with Crippen LogP contribution in [0.5, 0.6) is 0 Å². The minimum absolute atomic E-state index is 0.0196. The second-order valence-corrected chi connectivity index (χ2v) is 6.21. The monoisotopic (exact) mass is 266 g/mol. The molecule has 0 spiro atoms. The predicted molar refractivity (Wildman–Crippen MR) is 74.6 cm³/mol. The van der Waals surface area contributed by atoms with Crippen molar-refractivity contribution in [2.75, 3.05) is 0 Å². The van der Waals surface area contributed by atoms with Gasteiger partial charge >= 0.3 is 0 Å². The fraction of sp³-hybridized carbons (Fsp3) is 0.867. The maximum atomic E-state index is 12.9. The molecule has 1 aliphatic heterocycles. The van der Waals surface area contributed by atoms with Crippen LogP contribution in [0.15, 0.2) is 0 Å². The molecule has 1 aliphatic carbocycles. The van der Waals surface area contributed by atoms with Gasteiger partial charge < -0.3 is 10.2 Å². The van der Waals surface area contributed by atoms with Gasteiger partial charge in [-0.2, -0.15) is 0 Å². The summed E-state index contributed by atoms with van der Waals surface area (Å²) in [7, 11) is 0. The van der Waals surface area contributed by atoms with Gasteiger partial charge in [0.2, 0.25) is 11.8 Å². The number of amides is 2. The Morgan fingerprint density at radius 1 is 1.21 bits per heavy atom. The number of nitrogens with zero attached hydrogens (tertiary/aromatic N) is 1. The third kappa shape index (κ3) is 1.96. The lowest BCUT2D eigenvalue weighted by Gasteiger charge is -2.57. The topological polar surface area (TPSA) is 49.4 Å². The van der Waals surface area contributed by atoms with Gasteiger partial charge in [0, 0.05) is 5.54 Å². The molecule has 2 fully saturated rings. The molecule has 2 atom stereocenters. The largest absolute Gasteiger partial charge is 0.340 e. The van der Waals surface area contributed by atoms with Crippen molar-refractivity contribution < 1.29 is 9.59 Å². The summed E-state index contributed by atoms with van der Waals surface area (Å²) in [6, 6.07) is -0.285. The molecule has 4 heteroatoms. The second kappa shape index (κ2) is 4.80. The highest BCUT2D eigenvalue weighted by Crippen LogP contribution is 2.44. The van der Waals surface area contributed by atoms with Crippen LogP contribution in [-0.4, -0.2) is 33.8 Å². The first-order valence-electron chi connectivity index (χ1n) is 7.60. The van der Waals surface area contributed by atoms with Crippen LogP contribution in [-0.2, 0) is 9.59 Å². The number of carbonyl (C=O) groups is 2. The summed E-state index contributed by atoms with van der Waals surface area (Å²) < 4.78 is 0. The molecule has 0 aromatic carbocycles. The standard InChI is InChI=1S/C15H26N2O2/c1-5-11-12(18)16-14(4,6-2)13(19)17(11)15(7-3)9-8-10-15/h11H,5-10H2,1-4H3,(H,16,18). The lowest BCUT2D eigenvalue weighted by molar-refractivity contribution is -0.168. The van der Waals surface area contributed by atoms with Gasteiger partial charge in [-0.15, -0.1) is 0 Å². The highest BCUT2D eigenvalue weighted by Gasteiger charge is 2.55. The summed E-state index contributed by atoms with van der Waals surface area (Å²) in [6.45, 7) is 7.94. The van der Waals surface area contributed by atoms with E-state index in [-0.39, 0.29) is 23.4 Å². The molecule has 1 saturated heterocycles. The van der Waals surface area contributed by atoms with E-state index in [2.05, 4.69) is 12.2 Å². The van der Waals surface area contributed by atoms with E-state index in [1.54, 1.807) is 0 Å². The molecule has 1 N–H and O–H groups in total. The predicted octanol–water partition coefficient (Wildman–Crippen LogP) is 2.22. The third-order valence-corrected chi connectivity index (χ3v) is 5.25. The highest BCUT2D eigenvalue weighted by molar-refractivity contribution is 6.00. The molecule has 2 amide bonds. The van der Waals surface area contributed by atoms with E-state index in [4.69, 9.17) is 0 Å². The lowest BCUT2D eigenvalue weighted by atomic mass is 9.71. The van der Waals surface area contributed by atoms with E-state index in [9.17, 15) is 9.59 Å². The fourth-order valence-electron chi connectivity index (χ4n) is 3.44. The first-order chi connectivity index (χ1) is 8.94.